The third kappa shape index (κ3) is 3.91. The summed E-state index contributed by atoms with van der Waals surface area (Å²) in [4.78, 5) is 30.1. The Balaban J connectivity index is 1.48. The smallest absolute Gasteiger partial charge is 0.248 e. The highest BCUT2D eigenvalue weighted by atomic mass is 16.5. The maximum atomic E-state index is 13.0. The van der Waals surface area contributed by atoms with Crippen LogP contribution in [0.3, 0.4) is 0 Å². The zero-order valence-corrected chi connectivity index (χ0v) is 18.1. The molecule has 0 radical (unpaired) electrons. The molecule has 2 aromatic rings. The van der Waals surface area contributed by atoms with Crippen LogP contribution in [0, 0.1) is 22.7 Å². The van der Waals surface area contributed by atoms with Crippen molar-refractivity contribution in [1.29, 1.82) is 5.26 Å². The van der Waals surface area contributed by atoms with E-state index in [-0.39, 0.29) is 17.9 Å². The molecule has 4 rings (SSSR count). The van der Waals surface area contributed by atoms with E-state index in [1.165, 1.54) is 0 Å². The van der Waals surface area contributed by atoms with Crippen LogP contribution in [0.5, 0.6) is 0 Å². The maximum Gasteiger partial charge on any atom is 0.248 e. The van der Waals surface area contributed by atoms with Crippen LogP contribution in [0.15, 0.2) is 30.6 Å². The molecule has 0 unspecified atom stereocenters. The molecule has 1 amide bonds. The van der Waals surface area contributed by atoms with Crippen molar-refractivity contribution in [2.45, 2.75) is 33.2 Å². The zero-order valence-electron chi connectivity index (χ0n) is 18.1. The number of aromatic nitrogens is 3. The molecule has 2 saturated heterocycles. The second-order valence-electron chi connectivity index (χ2n) is 8.33. The monoisotopic (exact) mass is 421 g/mol. The van der Waals surface area contributed by atoms with Gasteiger partial charge in [0.25, 0.3) is 0 Å². The van der Waals surface area contributed by atoms with Gasteiger partial charge < -0.3 is 15.0 Å². The fourth-order valence-corrected chi connectivity index (χ4v) is 4.11. The number of hydrogen-bond acceptors (Lipinski definition) is 8. The van der Waals surface area contributed by atoms with Gasteiger partial charge in [-0.3, -0.25) is 9.69 Å². The first-order chi connectivity index (χ1) is 14.9. The van der Waals surface area contributed by atoms with Gasteiger partial charge in [0.05, 0.1) is 37.2 Å². The van der Waals surface area contributed by atoms with Gasteiger partial charge in [-0.1, -0.05) is 13.8 Å². The summed E-state index contributed by atoms with van der Waals surface area (Å²) in [6.07, 6.45) is 3.85. The average molecular weight is 422 g/mol. The van der Waals surface area contributed by atoms with Crippen LogP contribution < -0.4 is 15.1 Å². The lowest BCUT2D eigenvalue weighted by Gasteiger charge is -2.34. The quantitative estimate of drug-likeness (QED) is 0.785. The van der Waals surface area contributed by atoms with E-state index in [0.29, 0.717) is 37.9 Å². The van der Waals surface area contributed by atoms with E-state index in [2.05, 4.69) is 38.2 Å². The Morgan fingerprint density at radius 2 is 2.10 bits per heavy atom. The van der Waals surface area contributed by atoms with Gasteiger partial charge in [-0.25, -0.2) is 9.97 Å². The van der Waals surface area contributed by atoms with Gasteiger partial charge in [-0.15, -0.1) is 0 Å². The van der Waals surface area contributed by atoms with Gasteiger partial charge in [-0.05, 0) is 37.5 Å². The molecule has 0 aromatic carbocycles. The van der Waals surface area contributed by atoms with Crippen LogP contribution in [0.1, 0.15) is 27.2 Å². The van der Waals surface area contributed by atoms with Crippen molar-refractivity contribution in [3.8, 4) is 6.07 Å². The minimum absolute atomic E-state index is 0.0618. The van der Waals surface area contributed by atoms with Gasteiger partial charge in [0, 0.05) is 19.3 Å². The summed E-state index contributed by atoms with van der Waals surface area (Å²) >= 11 is 0. The summed E-state index contributed by atoms with van der Waals surface area (Å²) in [7, 11) is 0. The SMILES string of the molecule is CC(C)[C@]1(C#N)CCN(c2ccnc(Nc3ccc(N4CCOC[C@H]4C)nc3)n2)C1=O. The minimum atomic E-state index is -0.991. The molecule has 4 heterocycles. The zero-order chi connectivity index (χ0) is 22.0. The number of rotatable bonds is 5. The summed E-state index contributed by atoms with van der Waals surface area (Å²) in [5, 5.41) is 12.8. The number of morpholine rings is 1. The third-order valence-electron chi connectivity index (χ3n) is 6.12. The molecule has 9 heteroatoms. The fourth-order valence-electron chi connectivity index (χ4n) is 4.11. The number of hydrogen-bond donors (Lipinski definition) is 1. The van der Waals surface area contributed by atoms with E-state index in [1.54, 1.807) is 23.4 Å². The molecule has 0 bridgehead atoms. The normalized spacial score (nSPS) is 23.8. The second kappa shape index (κ2) is 8.47. The lowest BCUT2D eigenvalue weighted by molar-refractivity contribution is -0.124. The Bertz CT molecular complexity index is 988. The number of nitriles is 1. The molecule has 162 valence electrons. The highest BCUT2D eigenvalue weighted by Crippen LogP contribution is 2.40. The van der Waals surface area contributed by atoms with Crippen molar-refractivity contribution < 1.29 is 9.53 Å². The molecule has 31 heavy (non-hydrogen) atoms. The van der Waals surface area contributed by atoms with Crippen LogP contribution in [0.25, 0.3) is 0 Å². The standard InChI is InChI=1S/C22H27N7O2/c1-15(2)22(14-23)7-9-29(20(22)30)19-6-8-24-21(27-19)26-17-4-5-18(25-12-17)28-10-11-31-13-16(28)3/h4-6,8,12,15-16H,7,9-11,13H2,1-3H3,(H,24,26,27)/t16-,22-/m1/s1. The van der Waals surface area contributed by atoms with Gasteiger partial charge in [0.1, 0.15) is 17.1 Å². The molecule has 2 atom stereocenters. The summed E-state index contributed by atoms with van der Waals surface area (Å²) in [6, 6.07) is 8.11. The number of amides is 1. The fraction of sp³-hybridized carbons (Fsp3) is 0.500. The first kappa shape index (κ1) is 21.0. The highest BCUT2D eigenvalue weighted by molar-refractivity contribution is 6.01. The molecule has 0 spiro atoms. The number of carbonyl (C=O) groups excluding carboxylic acids is 1. The molecule has 2 fully saturated rings. The molecule has 9 nitrogen and oxygen atoms in total. The van der Waals surface area contributed by atoms with Gasteiger partial charge in [0.15, 0.2) is 0 Å². The van der Waals surface area contributed by atoms with Crippen LogP contribution in [0.4, 0.5) is 23.3 Å². The first-order valence-electron chi connectivity index (χ1n) is 10.6. The number of nitrogens with zero attached hydrogens (tertiary/aromatic N) is 6. The summed E-state index contributed by atoms with van der Waals surface area (Å²) < 4.78 is 5.49. The number of carbonyl (C=O) groups is 1. The van der Waals surface area contributed by atoms with Crippen molar-refractivity contribution in [1.82, 2.24) is 15.0 Å². The molecule has 2 aliphatic rings. The van der Waals surface area contributed by atoms with Crippen molar-refractivity contribution >= 4 is 29.2 Å². The van der Waals surface area contributed by atoms with Crippen LogP contribution >= 0.6 is 0 Å². The predicted octanol–water partition coefficient (Wildman–Crippen LogP) is 2.74. The van der Waals surface area contributed by atoms with Crippen LogP contribution in [0.2, 0.25) is 0 Å². The third-order valence-corrected chi connectivity index (χ3v) is 6.12. The van der Waals surface area contributed by atoms with E-state index in [4.69, 9.17) is 4.74 Å². The Morgan fingerprint density at radius 1 is 1.26 bits per heavy atom. The van der Waals surface area contributed by atoms with Gasteiger partial charge in [-0.2, -0.15) is 10.2 Å². The lowest BCUT2D eigenvalue weighted by atomic mass is 9.77. The first-order valence-corrected chi connectivity index (χ1v) is 10.6. The van der Waals surface area contributed by atoms with Crippen molar-refractivity contribution in [2.24, 2.45) is 11.3 Å². The van der Waals surface area contributed by atoms with E-state index in [1.807, 2.05) is 26.0 Å². The van der Waals surface area contributed by atoms with E-state index < -0.39 is 5.41 Å². The Kier molecular flexibility index (Phi) is 5.74. The molecule has 1 N–H and O–H groups in total. The van der Waals surface area contributed by atoms with Crippen LogP contribution in [-0.2, 0) is 9.53 Å². The number of pyridine rings is 1. The Hall–Kier alpha value is -3.25. The van der Waals surface area contributed by atoms with Crippen LogP contribution in [-0.4, -0.2) is 53.2 Å². The van der Waals surface area contributed by atoms with Crippen molar-refractivity contribution in [2.75, 3.05) is 41.4 Å². The molecular formula is C22H27N7O2. The largest absolute Gasteiger partial charge is 0.377 e. The lowest BCUT2D eigenvalue weighted by Crippen LogP contribution is -2.44. The van der Waals surface area contributed by atoms with E-state index in [0.717, 1.165) is 18.1 Å². The summed E-state index contributed by atoms with van der Waals surface area (Å²) in [5.41, 5.74) is -0.238. The van der Waals surface area contributed by atoms with Crippen molar-refractivity contribution in [3.05, 3.63) is 30.6 Å². The molecule has 0 saturated carbocycles. The Morgan fingerprint density at radius 3 is 2.74 bits per heavy atom. The van der Waals surface area contributed by atoms with Crippen molar-refractivity contribution in [3.63, 3.8) is 0 Å². The Labute approximate surface area is 182 Å². The maximum absolute atomic E-state index is 13.0. The van der Waals surface area contributed by atoms with E-state index in [9.17, 15) is 10.1 Å². The van der Waals surface area contributed by atoms with Gasteiger partial charge >= 0.3 is 0 Å². The number of ether oxygens (including phenoxy) is 1. The number of nitrogens with one attached hydrogen (secondary N) is 1. The van der Waals surface area contributed by atoms with Gasteiger partial charge in [0.2, 0.25) is 11.9 Å². The highest BCUT2D eigenvalue weighted by Gasteiger charge is 2.50. The molecular weight excluding hydrogens is 394 g/mol. The summed E-state index contributed by atoms with van der Waals surface area (Å²) in [6.45, 7) is 8.61. The molecule has 2 aromatic heterocycles. The van der Waals surface area contributed by atoms with E-state index >= 15 is 0 Å². The summed E-state index contributed by atoms with van der Waals surface area (Å²) in [5.74, 6) is 1.51. The second-order valence-corrected chi connectivity index (χ2v) is 8.33. The average Bonchev–Trinajstić information content (AvgIpc) is 3.12. The topological polar surface area (TPSA) is 107 Å². The number of anilines is 4. The molecule has 0 aliphatic carbocycles. The molecule has 2 aliphatic heterocycles. The predicted molar refractivity (Wildman–Crippen MR) is 117 cm³/mol. The minimum Gasteiger partial charge on any atom is -0.377 e.